The summed E-state index contributed by atoms with van der Waals surface area (Å²) in [4.78, 5) is 4.53. The summed E-state index contributed by atoms with van der Waals surface area (Å²) in [6.45, 7) is 3.36. The quantitative estimate of drug-likeness (QED) is 0.301. The van der Waals surface area contributed by atoms with E-state index in [-0.39, 0.29) is 21.2 Å². The van der Waals surface area contributed by atoms with Gasteiger partial charge in [0.25, 0.3) is 0 Å². The van der Waals surface area contributed by atoms with Crippen LogP contribution in [-0.4, -0.2) is 19.2 Å². The molecule has 0 saturated carbocycles. The average molecular weight is 490 g/mol. The zero-order valence-corrected chi connectivity index (χ0v) is 19.3. The van der Waals surface area contributed by atoms with Crippen LogP contribution in [0.15, 0.2) is 71.6 Å². The number of pyridine rings is 1. The summed E-state index contributed by atoms with van der Waals surface area (Å²) in [7, 11) is -3.40. The van der Waals surface area contributed by atoms with Crippen molar-refractivity contribution in [2.75, 3.05) is 5.75 Å². The minimum Gasteiger partial charge on any atom is -0.247 e. The van der Waals surface area contributed by atoms with Gasteiger partial charge in [-0.3, -0.25) is 0 Å². The molecule has 0 saturated heterocycles. The first-order valence-corrected chi connectivity index (χ1v) is 12.1. The fourth-order valence-electron chi connectivity index (χ4n) is 3.75. The van der Waals surface area contributed by atoms with Crippen LogP contribution in [-0.2, 0) is 16.0 Å². The van der Waals surface area contributed by atoms with Crippen molar-refractivity contribution in [3.05, 3.63) is 82.9 Å². The van der Waals surface area contributed by atoms with Gasteiger partial charge in [0.15, 0.2) is 9.84 Å². The molecule has 33 heavy (non-hydrogen) atoms. The number of sulfone groups is 1. The summed E-state index contributed by atoms with van der Waals surface area (Å²) < 4.78 is 64.9. The molecule has 4 aromatic rings. The molecule has 0 aliphatic heterocycles. The Labute approximate surface area is 194 Å². The van der Waals surface area contributed by atoms with Crippen LogP contribution in [0.4, 0.5) is 13.2 Å². The fraction of sp³-hybridized carbons (Fsp3) is 0.160. The van der Waals surface area contributed by atoms with Crippen molar-refractivity contribution in [2.24, 2.45) is 0 Å². The molecule has 3 nitrogen and oxygen atoms in total. The zero-order chi connectivity index (χ0) is 24.0. The van der Waals surface area contributed by atoms with Crippen molar-refractivity contribution in [3.8, 4) is 22.4 Å². The molecule has 1 heterocycles. The minimum absolute atomic E-state index is 0.0367. The maximum Gasteiger partial charge on any atom is 0.418 e. The maximum absolute atomic E-state index is 13.5. The largest absolute Gasteiger partial charge is 0.418 e. The third kappa shape index (κ3) is 4.48. The van der Waals surface area contributed by atoms with E-state index < -0.39 is 21.6 Å². The number of nitrogens with zero attached hydrogens (tertiary/aromatic N) is 1. The SMILES string of the molecule is CCS(=O)(=O)c1ccc(-c2cccc(-c3nc4c(C(F)(F)F)cccc4cc3C)c2)c(Cl)c1. The van der Waals surface area contributed by atoms with Crippen LogP contribution >= 0.6 is 11.6 Å². The third-order valence-electron chi connectivity index (χ3n) is 5.47. The molecule has 0 aliphatic rings. The van der Waals surface area contributed by atoms with E-state index in [1.807, 2.05) is 0 Å². The van der Waals surface area contributed by atoms with Gasteiger partial charge in [-0.1, -0.05) is 54.9 Å². The summed E-state index contributed by atoms with van der Waals surface area (Å²) >= 11 is 6.40. The van der Waals surface area contributed by atoms with Crippen LogP contribution in [0, 0.1) is 6.92 Å². The van der Waals surface area contributed by atoms with E-state index in [4.69, 9.17) is 11.6 Å². The second-order valence-corrected chi connectivity index (χ2v) is 10.3. The second-order valence-electron chi connectivity index (χ2n) is 7.65. The molecule has 0 radical (unpaired) electrons. The smallest absolute Gasteiger partial charge is 0.247 e. The Morgan fingerprint density at radius 3 is 2.30 bits per heavy atom. The molecular formula is C25H19ClF3NO2S. The van der Waals surface area contributed by atoms with E-state index in [0.717, 1.165) is 11.6 Å². The van der Waals surface area contributed by atoms with E-state index >= 15 is 0 Å². The van der Waals surface area contributed by atoms with Crippen LogP contribution in [0.1, 0.15) is 18.1 Å². The number of hydrogen-bond donors (Lipinski definition) is 0. The van der Waals surface area contributed by atoms with E-state index in [1.165, 1.54) is 18.2 Å². The second kappa shape index (κ2) is 8.47. The average Bonchev–Trinajstić information content (AvgIpc) is 2.77. The molecule has 4 rings (SSSR count). The molecule has 0 fully saturated rings. The van der Waals surface area contributed by atoms with Crippen LogP contribution < -0.4 is 0 Å². The van der Waals surface area contributed by atoms with Crippen LogP contribution in [0.25, 0.3) is 33.3 Å². The van der Waals surface area contributed by atoms with Gasteiger partial charge in [-0.05, 0) is 48.4 Å². The Balaban J connectivity index is 1.84. The van der Waals surface area contributed by atoms with Crippen molar-refractivity contribution < 1.29 is 21.6 Å². The van der Waals surface area contributed by atoms with Gasteiger partial charge in [0, 0.05) is 21.5 Å². The van der Waals surface area contributed by atoms with Gasteiger partial charge in [-0.15, -0.1) is 0 Å². The number of fused-ring (bicyclic) bond motifs is 1. The Bertz CT molecular complexity index is 1480. The lowest BCUT2D eigenvalue weighted by Gasteiger charge is -2.14. The Kier molecular flexibility index (Phi) is 5.97. The van der Waals surface area contributed by atoms with E-state index in [0.29, 0.717) is 27.8 Å². The van der Waals surface area contributed by atoms with Crippen LogP contribution in [0.5, 0.6) is 0 Å². The van der Waals surface area contributed by atoms with Crippen molar-refractivity contribution >= 4 is 32.3 Å². The molecule has 0 bridgehead atoms. The first-order chi connectivity index (χ1) is 15.5. The first kappa shape index (κ1) is 23.3. The molecule has 0 N–H and O–H groups in total. The minimum atomic E-state index is -4.52. The molecule has 0 amide bonds. The number of aromatic nitrogens is 1. The number of hydrogen-bond acceptors (Lipinski definition) is 3. The summed E-state index contributed by atoms with van der Waals surface area (Å²) in [5.74, 6) is -0.0367. The number of aryl methyl sites for hydroxylation is 1. The van der Waals surface area contributed by atoms with E-state index in [1.54, 1.807) is 56.3 Å². The number of benzene rings is 3. The summed E-state index contributed by atoms with van der Waals surface area (Å²) in [6, 6.07) is 17.4. The Hall–Kier alpha value is -2.90. The van der Waals surface area contributed by atoms with E-state index in [9.17, 15) is 21.6 Å². The van der Waals surface area contributed by atoms with Gasteiger partial charge < -0.3 is 0 Å². The van der Waals surface area contributed by atoms with Crippen molar-refractivity contribution in [1.29, 1.82) is 0 Å². The molecule has 0 atom stereocenters. The van der Waals surface area contributed by atoms with Gasteiger partial charge in [0.1, 0.15) is 0 Å². The van der Waals surface area contributed by atoms with E-state index in [2.05, 4.69) is 4.98 Å². The Morgan fingerprint density at radius 1 is 0.939 bits per heavy atom. The Morgan fingerprint density at radius 2 is 1.64 bits per heavy atom. The molecule has 8 heteroatoms. The van der Waals surface area contributed by atoms with Gasteiger partial charge in [-0.2, -0.15) is 13.2 Å². The molecule has 3 aromatic carbocycles. The standard InChI is InChI=1S/C25H19ClF3NO2S/c1-3-33(31,32)19-10-11-20(22(26)14-19)16-6-4-7-18(13-16)23-15(2)12-17-8-5-9-21(24(17)30-23)25(27,28)29/h4-14H,3H2,1-2H3. The van der Waals surface area contributed by atoms with Crippen molar-refractivity contribution in [3.63, 3.8) is 0 Å². The summed E-state index contributed by atoms with van der Waals surface area (Å²) in [6.07, 6.45) is -4.52. The number of halogens is 4. The number of rotatable bonds is 4. The number of alkyl halides is 3. The van der Waals surface area contributed by atoms with Gasteiger partial charge in [-0.25, -0.2) is 13.4 Å². The third-order valence-corrected chi connectivity index (χ3v) is 7.51. The van der Waals surface area contributed by atoms with Gasteiger partial charge in [0.05, 0.1) is 27.4 Å². The lowest BCUT2D eigenvalue weighted by molar-refractivity contribution is -0.136. The summed E-state index contributed by atoms with van der Waals surface area (Å²) in [5, 5.41) is 0.683. The van der Waals surface area contributed by atoms with Crippen LogP contribution in [0.2, 0.25) is 5.02 Å². The van der Waals surface area contributed by atoms with Gasteiger partial charge in [0.2, 0.25) is 0 Å². The zero-order valence-electron chi connectivity index (χ0n) is 17.7. The lowest BCUT2D eigenvalue weighted by Crippen LogP contribution is -2.07. The lowest BCUT2D eigenvalue weighted by atomic mass is 9.98. The fourth-order valence-corrected chi connectivity index (χ4v) is 5.01. The number of para-hydroxylation sites is 1. The summed E-state index contributed by atoms with van der Waals surface area (Å²) in [5.41, 5.74) is 2.21. The van der Waals surface area contributed by atoms with Crippen molar-refractivity contribution in [1.82, 2.24) is 4.98 Å². The highest BCUT2D eigenvalue weighted by molar-refractivity contribution is 7.91. The predicted molar refractivity (Wildman–Crippen MR) is 125 cm³/mol. The molecule has 170 valence electrons. The molecule has 0 spiro atoms. The topological polar surface area (TPSA) is 47.0 Å². The maximum atomic E-state index is 13.5. The van der Waals surface area contributed by atoms with Crippen molar-refractivity contribution in [2.45, 2.75) is 24.9 Å². The molecule has 1 aromatic heterocycles. The highest BCUT2D eigenvalue weighted by Crippen LogP contribution is 2.37. The first-order valence-electron chi connectivity index (χ1n) is 10.1. The molecule has 0 aliphatic carbocycles. The van der Waals surface area contributed by atoms with Crippen LogP contribution in [0.3, 0.4) is 0 Å². The highest BCUT2D eigenvalue weighted by atomic mass is 35.5. The predicted octanol–water partition coefficient (Wildman–Crippen LogP) is 7.34. The monoisotopic (exact) mass is 489 g/mol. The normalized spacial score (nSPS) is 12.3. The highest BCUT2D eigenvalue weighted by Gasteiger charge is 2.33. The molecular weight excluding hydrogens is 471 g/mol. The molecule has 0 unspecified atom stereocenters. The van der Waals surface area contributed by atoms with Gasteiger partial charge >= 0.3 is 6.18 Å².